The van der Waals surface area contributed by atoms with Crippen molar-refractivity contribution >= 4 is 22.4 Å². The Balaban J connectivity index is 1.98. The lowest BCUT2D eigenvalue weighted by Crippen LogP contribution is -2.21. The highest BCUT2D eigenvalue weighted by atomic mass is 32.1. The van der Waals surface area contributed by atoms with E-state index in [0.717, 1.165) is 18.2 Å². The number of ether oxygens (including phenoxy) is 1. The van der Waals surface area contributed by atoms with Crippen LogP contribution in [0.4, 0.5) is 10.8 Å². The SMILES string of the molecule is CCOCC(C)Nc1snc(N)c1C1CC1. The van der Waals surface area contributed by atoms with Gasteiger partial charge in [0.2, 0.25) is 0 Å². The van der Waals surface area contributed by atoms with Gasteiger partial charge in [0.05, 0.1) is 6.61 Å². The van der Waals surface area contributed by atoms with Crippen LogP contribution in [-0.4, -0.2) is 23.6 Å². The van der Waals surface area contributed by atoms with Gasteiger partial charge in [-0.05, 0) is 44.1 Å². The van der Waals surface area contributed by atoms with E-state index in [2.05, 4.69) is 16.6 Å². The molecule has 1 heterocycles. The number of rotatable bonds is 6. The first kappa shape index (κ1) is 11.7. The summed E-state index contributed by atoms with van der Waals surface area (Å²) < 4.78 is 9.61. The molecule has 1 saturated carbocycles. The fourth-order valence-corrected chi connectivity index (χ4v) is 2.65. The van der Waals surface area contributed by atoms with Gasteiger partial charge in [-0.25, -0.2) is 0 Å². The van der Waals surface area contributed by atoms with Gasteiger partial charge in [0.25, 0.3) is 0 Å². The number of aromatic nitrogens is 1. The summed E-state index contributed by atoms with van der Waals surface area (Å²) in [5.41, 5.74) is 7.12. The lowest BCUT2D eigenvalue weighted by atomic mass is 10.2. The van der Waals surface area contributed by atoms with Crippen LogP contribution in [0.5, 0.6) is 0 Å². The maximum atomic E-state index is 5.89. The Bertz CT molecular complexity index is 349. The topological polar surface area (TPSA) is 60.2 Å². The molecule has 90 valence electrons. The first-order chi connectivity index (χ1) is 7.72. The minimum absolute atomic E-state index is 0.303. The Hall–Kier alpha value is -0.810. The number of hydrogen-bond donors (Lipinski definition) is 2. The molecule has 0 spiro atoms. The molecule has 1 atom stereocenters. The third-order valence-electron chi connectivity index (χ3n) is 2.69. The third kappa shape index (κ3) is 2.65. The number of nitrogens with zero attached hydrogens (tertiary/aromatic N) is 1. The maximum absolute atomic E-state index is 5.89. The van der Waals surface area contributed by atoms with Gasteiger partial charge >= 0.3 is 0 Å². The Labute approximate surface area is 100 Å². The highest BCUT2D eigenvalue weighted by Crippen LogP contribution is 2.47. The predicted octanol–water partition coefficient (Wildman–Crippen LogP) is 2.44. The van der Waals surface area contributed by atoms with E-state index in [4.69, 9.17) is 10.5 Å². The van der Waals surface area contributed by atoms with E-state index in [1.54, 1.807) is 0 Å². The number of nitrogen functional groups attached to an aromatic ring is 1. The summed E-state index contributed by atoms with van der Waals surface area (Å²) in [7, 11) is 0. The second-order valence-electron chi connectivity index (χ2n) is 4.29. The van der Waals surface area contributed by atoms with E-state index in [-0.39, 0.29) is 0 Å². The summed E-state index contributed by atoms with van der Waals surface area (Å²) in [5.74, 6) is 1.35. The van der Waals surface area contributed by atoms with Gasteiger partial charge in [-0.1, -0.05) is 0 Å². The van der Waals surface area contributed by atoms with E-state index < -0.39 is 0 Å². The smallest absolute Gasteiger partial charge is 0.142 e. The van der Waals surface area contributed by atoms with Gasteiger partial charge in [0.15, 0.2) is 0 Å². The van der Waals surface area contributed by atoms with Gasteiger partial charge in [-0.2, -0.15) is 4.37 Å². The number of nitrogens with one attached hydrogen (secondary N) is 1. The van der Waals surface area contributed by atoms with Gasteiger partial charge < -0.3 is 15.8 Å². The fourth-order valence-electron chi connectivity index (χ4n) is 1.74. The van der Waals surface area contributed by atoms with Crippen molar-refractivity contribution in [1.82, 2.24) is 4.37 Å². The lowest BCUT2D eigenvalue weighted by molar-refractivity contribution is 0.141. The van der Waals surface area contributed by atoms with E-state index in [0.29, 0.717) is 17.8 Å². The maximum Gasteiger partial charge on any atom is 0.142 e. The number of hydrogen-bond acceptors (Lipinski definition) is 5. The van der Waals surface area contributed by atoms with Crippen LogP contribution in [0, 0.1) is 0 Å². The zero-order valence-electron chi connectivity index (χ0n) is 9.82. The van der Waals surface area contributed by atoms with Crippen LogP contribution in [0.25, 0.3) is 0 Å². The zero-order valence-corrected chi connectivity index (χ0v) is 10.6. The third-order valence-corrected chi connectivity index (χ3v) is 3.50. The first-order valence-electron chi connectivity index (χ1n) is 5.81. The molecule has 1 aromatic rings. The van der Waals surface area contributed by atoms with E-state index in [1.165, 1.54) is 29.9 Å². The summed E-state index contributed by atoms with van der Waals surface area (Å²) in [4.78, 5) is 0. The zero-order chi connectivity index (χ0) is 11.5. The first-order valence-corrected chi connectivity index (χ1v) is 6.59. The van der Waals surface area contributed by atoms with Gasteiger partial charge in [-0.3, -0.25) is 0 Å². The van der Waals surface area contributed by atoms with Crippen molar-refractivity contribution in [2.24, 2.45) is 0 Å². The van der Waals surface area contributed by atoms with Crippen molar-refractivity contribution in [2.45, 2.75) is 38.6 Å². The molecule has 0 radical (unpaired) electrons. The minimum atomic E-state index is 0.303. The van der Waals surface area contributed by atoms with Crippen LogP contribution in [0.2, 0.25) is 0 Å². The van der Waals surface area contributed by atoms with Crippen LogP contribution >= 0.6 is 11.5 Å². The average Bonchev–Trinajstić information content (AvgIpc) is 3.02. The van der Waals surface area contributed by atoms with Gasteiger partial charge in [-0.15, -0.1) is 0 Å². The van der Waals surface area contributed by atoms with Crippen LogP contribution in [-0.2, 0) is 4.74 Å². The Morgan fingerprint density at radius 2 is 2.38 bits per heavy atom. The second kappa shape index (κ2) is 5.01. The fraction of sp³-hybridized carbons (Fsp3) is 0.727. The molecule has 0 saturated heterocycles. The molecule has 2 rings (SSSR count). The molecule has 16 heavy (non-hydrogen) atoms. The standard InChI is InChI=1S/C11H19N3OS/c1-3-15-6-7(2)13-11-9(8-4-5-8)10(12)14-16-11/h7-8,13H,3-6H2,1-2H3,(H2,12,14). The Kier molecular flexibility index (Phi) is 3.66. The summed E-state index contributed by atoms with van der Waals surface area (Å²) in [6, 6.07) is 0.303. The molecule has 1 aromatic heterocycles. The monoisotopic (exact) mass is 241 g/mol. The van der Waals surface area contributed by atoms with Crippen molar-refractivity contribution in [1.29, 1.82) is 0 Å². The molecule has 1 unspecified atom stereocenters. The molecule has 3 N–H and O–H groups in total. The summed E-state index contributed by atoms with van der Waals surface area (Å²) in [6.45, 7) is 5.60. The molecule has 0 bridgehead atoms. The van der Waals surface area contributed by atoms with Crippen LogP contribution in [0.1, 0.15) is 38.2 Å². The molecule has 1 aliphatic carbocycles. The molecule has 4 nitrogen and oxygen atoms in total. The highest BCUT2D eigenvalue weighted by Gasteiger charge is 2.30. The summed E-state index contributed by atoms with van der Waals surface area (Å²) >= 11 is 1.46. The molecular formula is C11H19N3OS. The molecule has 0 aromatic carbocycles. The van der Waals surface area contributed by atoms with E-state index >= 15 is 0 Å². The number of anilines is 2. The van der Waals surface area contributed by atoms with Crippen molar-refractivity contribution in [3.05, 3.63) is 5.56 Å². The van der Waals surface area contributed by atoms with Crippen LogP contribution in [0.15, 0.2) is 0 Å². The quantitative estimate of drug-likeness (QED) is 0.803. The van der Waals surface area contributed by atoms with Crippen LogP contribution < -0.4 is 11.1 Å². The summed E-state index contributed by atoms with van der Waals surface area (Å²) in [6.07, 6.45) is 2.49. The molecular weight excluding hydrogens is 222 g/mol. The lowest BCUT2D eigenvalue weighted by Gasteiger charge is -2.14. The molecule has 5 heteroatoms. The molecule has 1 fully saturated rings. The second-order valence-corrected chi connectivity index (χ2v) is 5.06. The van der Waals surface area contributed by atoms with Crippen molar-refractivity contribution in [3.8, 4) is 0 Å². The van der Waals surface area contributed by atoms with Crippen molar-refractivity contribution < 1.29 is 4.74 Å². The average molecular weight is 241 g/mol. The number of nitrogens with two attached hydrogens (primary N) is 1. The largest absolute Gasteiger partial charge is 0.383 e. The minimum Gasteiger partial charge on any atom is -0.383 e. The van der Waals surface area contributed by atoms with E-state index in [9.17, 15) is 0 Å². The highest BCUT2D eigenvalue weighted by molar-refractivity contribution is 7.10. The molecule has 1 aliphatic rings. The van der Waals surface area contributed by atoms with Crippen molar-refractivity contribution in [3.63, 3.8) is 0 Å². The predicted molar refractivity (Wildman–Crippen MR) is 68.1 cm³/mol. The summed E-state index contributed by atoms with van der Waals surface area (Å²) in [5, 5.41) is 4.57. The molecule has 0 amide bonds. The Morgan fingerprint density at radius 1 is 1.62 bits per heavy atom. The normalized spacial score (nSPS) is 17.4. The van der Waals surface area contributed by atoms with E-state index in [1.807, 2.05) is 6.92 Å². The van der Waals surface area contributed by atoms with Gasteiger partial charge in [0, 0.05) is 18.2 Å². The van der Waals surface area contributed by atoms with Gasteiger partial charge in [0.1, 0.15) is 10.8 Å². The van der Waals surface area contributed by atoms with Crippen LogP contribution in [0.3, 0.4) is 0 Å². The Morgan fingerprint density at radius 3 is 3.00 bits per heavy atom. The molecule has 0 aliphatic heterocycles. The van der Waals surface area contributed by atoms with Crippen molar-refractivity contribution in [2.75, 3.05) is 24.3 Å².